The van der Waals surface area contributed by atoms with Crippen LogP contribution < -0.4 is 0 Å². The van der Waals surface area contributed by atoms with E-state index in [0.29, 0.717) is 17.5 Å². The maximum absolute atomic E-state index is 6.23. The van der Waals surface area contributed by atoms with Crippen molar-refractivity contribution in [3.63, 3.8) is 0 Å². The Kier molecular flexibility index (Phi) is 8.17. The maximum Gasteiger partial charge on any atom is 0.164 e. The Balaban J connectivity index is 1.07. The van der Waals surface area contributed by atoms with Crippen molar-refractivity contribution in [1.82, 2.24) is 19.9 Å². The Morgan fingerprint density at radius 3 is 1.51 bits per heavy atom. The zero-order valence-corrected chi connectivity index (χ0v) is 30.5. The molecule has 0 spiro atoms. The smallest absolute Gasteiger partial charge is 0.164 e. The normalized spacial score (nSPS) is 12.0. The Labute approximate surface area is 310 Å². The summed E-state index contributed by atoms with van der Waals surface area (Å²) in [5.41, 5.74) is 11.3. The van der Waals surface area contributed by atoms with Crippen LogP contribution in [0.1, 0.15) is 0 Å². The second-order valence-corrected chi connectivity index (χ2v) is 18.1. The van der Waals surface area contributed by atoms with Crippen LogP contribution in [0.2, 0.25) is 0 Å². The van der Waals surface area contributed by atoms with Crippen LogP contribution in [0.4, 0.5) is 0 Å². The summed E-state index contributed by atoms with van der Waals surface area (Å²) in [7, 11) is -0.860. The number of aromatic nitrogens is 4. The second-order valence-electron chi connectivity index (χ2n) is 14.0. The molecule has 0 N–H and O–H groups in total. The van der Waals surface area contributed by atoms with Crippen LogP contribution in [0, 0.1) is 0 Å². The van der Waals surface area contributed by atoms with Crippen LogP contribution in [-0.2, 0) is 0 Å². The third-order valence-electron chi connectivity index (χ3n) is 9.64. The summed E-state index contributed by atoms with van der Waals surface area (Å²) in [4.78, 5) is 20.7. The van der Waals surface area contributed by atoms with E-state index in [2.05, 4.69) is 145 Å². The lowest BCUT2D eigenvalue weighted by Crippen LogP contribution is -2.00. The van der Waals surface area contributed by atoms with Crippen LogP contribution in [0.3, 0.4) is 0 Å². The third-order valence-corrected chi connectivity index (χ3v) is 11.3. The summed E-state index contributed by atoms with van der Waals surface area (Å²) in [6, 6.07) is 52.8. The molecule has 6 aromatic carbocycles. The van der Waals surface area contributed by atoms with Crippen molar-refractivity contribution in [2.45, 2.75) is 4.90 Å². The van der Waals surface area contributed by atoms with E-state index in [0.717, 1.165) is 66.4 Å². The van der Waals surface area contributed by atoms with Gasteiger partial charge in [0.1, 0.15) is 11.2 Å². The molecule has 0 saturated heterocycles. The van der Waals surface area contributed by atoms with Gasteiger partial charge in [-0.15, -0.1) is 0 Å². The number of hydrogen-bond donors (Lipinski definition) is 0. The summed E-state index contributed by atoms with van der Waals surface area (Å²) in [6.45, 7) is 0. The number of furan rings is 1. The van der Waals surface area contributed by atoms with Crippen molar-refractivity contribution >= 4 is 32.0 Å². The molecule has 3 aromatic heterocycles. The number of rotatable bonds is 7. The summed E-state index contributed by atoms with van der Waals surface area (Å²) in [5, 5.41) is 2.16. The van der Waals surface area contributed by atoms with Gasteiger partial charge in [-0.2, -0.15) is 0 Å². The minimum atomic E-state index is -0.860. The van der Waals surface area contributed by atoms with Gasteiger partial charge in [0.05, 0.1) is 0 Å². The standard InChI is InChI=1S/C47H36N4OS/c1-53(2,3)40-24-21-35(22-25-40)46-49-45(50-47(51-46)38-23-26-42-41-11-4-5-12-43(41)52-44(42)29-38)34-19-17-32(18-20-34)37-9-6-8-36(28-37)31-13-15-33(16-14-31)39-10-7-27-48-30-39/h4-30H,1-3H3. The first kappa shape index (κ1) is 32.5. The molecular weight excluding hydrogens is 669 g/mol. The second kappa shape index (κ2) is 13.3. The zero-order valence-electron chi connectivity index (χ0n) is 29.7. The minimum Gasteiger partial charge on any atom is -0.456 e. The van der Waals surface area contributed by atoms with Gasteiger partial charge in [0.25, 0.3) is 0 Å². The lowest BCUT2D eigenvalue weighted by molar-refractivity contribution is 0.669. The van der Waals surface area contributed by atoms with E-state index < -0.39 is 10.0 Å². The fourth-order valence-corrected chi connectivity index (χ4v) is 7.67. The van der Waals surface area contributed by atoms with E-state index in [1.807, 2.05) is 36.5 Å². The zero-order chi connectivity index (χ0) is 35.9. The van der Waals surface area contributed by atoms with E-state index in [1.54, 1.807) is 6.20 Å². The first-order valence-corrected chi connectivity index (χ1v) is 20.4. The molecule has 9 rings (SSSR count). The van der Waals surface area contributed by atoms with Crippen molar-refractivity contribution in [2.24, 2.45) is 0 Å². The van der Waals surface area contributed by atoms with Crippen molar-refractivity contribution in [3.8, 4) is 67.5 Å². The quantitative estimate of drug-likeness (QED) is 0.165. The minimum absolute atomic E-state index is 0.601. The number of para-hydroxylation sites is 1. The van der Waals surface area contributed by atoms with E-state index in [-0.39, 0.29) is 0 Å². The van der Waals surface area contributed by atoms with Crippen LogP contribution in [-0.4, -0.2) is 38.7 Å². The monoisotopic (exact) mass is 704 g/mol. The van der Waals surface area contributed by atoms with Gasteiger partial charge in [0, 0.05) is 39.9 Å². The molecule has 3 heterocycles. The molecule has 5 nitrogen and oxygen atoms in total. The van der Waals surface area contributed by atoms with Gasteiger partial charge >= 0.3 is 0 Å². The summed E-state index contributed by atoms with van der Waals surface area (Å²) in [6.07, 6.45) is 10.6. The van der Waals surface area contributed by atoms with Crippen LogP contribution in [0.5, 0.6) is 0 Å². The molecule has 0 atom stereocenters. The predicted octanol–water partition coefficient (Wildman–Crippen LogP) is 12.2. The first-order chi connectivity index (χ1) is 25.9. The van der Waals surface area contributed by atoms with E-state index in [1.165, 1.54) is 10.5 Å². The molecule has 0 aliphatic carbocycles. The van der Waals surface area contributed by atoms with Gasteiger partial charge in [0.2, 0.25) is 0 Å². The number of benzene rings is 6. The van der Waals surface area contributed by atoms with Crippen molar-refractivity contribution in [1.29, 1.82) is 0 Å². The molecule has 0 amide bonds. The summed E-state index contributed by atoms with van der Waals surface area (Å²) in [5.74, 6) is 1.86. The molecule has 0 bridgehead atoms. The van der Waals surface area contributed by atoms with E-state index in [4.69, 9.17) is 19.4 Å². The lowest BCUT2D eigenvalue weighted by atomic mass is 9.97. The highest BCUT2D eigenvalue weighted by molar-refractivity contribution is 8.32. The maximum atomic E-state index is 6.23. The summed E-state index contributed by atoms with van der Waals surface area (Å²) >= 11 is 0. The van der Waals surface area contributed by atoms with Crippen molar-refractivity contribution < 1.29 is 4.42 Å². The van der Waals surface area contributed by atoms with Gasteiger partial charge in [-0.25, -0.2) is 25.0 Å². The average Bonchev–Trinajstić information content (AvgIpc) is 3.59. The molecule has 0 unspecified atom stereocenters. The molecule has 0 saturated carbocycles. The SMILES string of the molecule is CS(C)(C)c1ccc(-c2nc(-c3ccc(-c4cccc(-c5ccc(-c6cccnc6)cc5)c4)cc3)nc(-c3ccc4c(c3)oc3ccccc34)n2)cc1. The van der Waals surface area contributed by atoms with Crippen molar-refractivity contribution in [3.05, 3.63) is 164 Å². The Bertz CT molecular complexity index is 2730. The van der Waals surface area contributed by atoms with E-state index in [9.17, 15) is 0 Å². The van der Waals surface area contributed by atoms with Gasteiger partial charge in [-0.3, -0.25) is 4.98 Å². The molecule has 0 radical (unpaired) electrons. The molecule has 53 heavy (non-hydrogen) atoms. The molecule has 6 heteroatoms. The Hall–Kier alpha value is -6.37. The molecule has 0 fully saturated rings. The Morgan fingerprint density at radius 1 is 0.396 bits per heavy atom. The molecule has 9 aromatic rings. The number of hydrogen-bond acceptors (Lipinski definition) is 5. The van der Waals surface area contributed by atoms with Crippen LogP contribution in [0.25, 0.3) is 89.5 Å². The topological polar surface area (TPSA) is 64.7 Å². The number of pyridine rings is 1. The summed E-state index contributed by atoms with van der Waals surface area (Å²) < 4.78 is 6.23. The van der Waals surface area contributed by atoms with Crippen LogP contribution in [0.15, 0.2) is 173 Å². The third kappa shape index (κ3) is 6.50. The highest BCUT2D eigenvalue weighted by Crippen LogP contribution is 2.45. The largest absolute Gasteiger partial charge is 0.456 e. The predicted molar refractivity (Wildman–Crippen MR) is 221 cm³/mol. The molecule has 0 aliphatic rings. The van der Waals surface area contributed by atoms with E-state index >= 15 is 0 Å². The fourth-order valence-electron chi connectivity index (χ4n) is 6.72. The first-order valence-electron chi connectivity index (χ1n) is 17.5. The van der Waals surface area contributed by atoms with Gasteiger partial charge < -0.3 is 4.42 Å². The number of fused-ring (bicyclic) bond motifs is 3. The van der Waals surface area contributed by atoms with Crippen LogP contribution >= 0.6 is 10.0 Å². The van der Waals surface area contributed by atoms with Gasteiger partial charge in [-0.05, 0) is 99.5 Å². The molecule has 256 valence electrons. The Morgan fingerprint density at radius 2 is 0.906 bits per heavy atom. The highest BCUT2D eigenvalue weighted by Gasteiger charge is 2.16. The fraction of sp³-hybridized carbons (Fsp3) is 0.0638. The van der Waals surface area contributed by atoms with Crippen molar-refractivity contribution in [2.75, 3.05) is 18.8 Å². The van der Waals surface area contributed by atoms with Gasteiger partial charge in [-0.1, -0.05) is 109 Å². The highest BCUT2D eigenvalue weighted by atomic mass is 32.3. The lowest BCUT2D eigenvalue weighted by Gasteiger charge is -2.25. The average molecular weight is 705 g/mol. The molecular formula is C47H36N4OS. The van der Waals surface area contributed by atoms with Gasteiger partial charge in [0.15, 0.2) is 17.5 Å². The number of nitrogens with zero attached hydrogens (tertiary/aromatic N) is 4. The molecule has 0 aliphatic heterocycles.